The van der Waals surface area contributed by atoms with E-state index in [1.54, 1.807) is 7.05 Å². The average Bonchev–Trinajstić information content (AvgIpc) is 3.29. The Morgan fingerprint density at radius 3 is 2.57 bits per heavy atom. The molecule has 1 aliphatic rings. The lowest BCUT2D eigenvalue weighted by Gasteiger charge is -2.08. The van der Waals surface area contributed by atoms with E-state index in [-0.39, 0.29) is 34.7 Å². The van der Waals surface area contributed by atoms with Gasteiger partial charge in [0.1, 0.15) is 0 Å². The molecule has 1 fully saturated rings. The lowest BCUT2D eigenvalue weighted by molar-refractivity contribution is -0.142. The summed E-state index contributed by atoms with van der Waals surface area (Å²) >= 11 is 3.02. The maximum atomic E-state index is 13.1. The van der Waals surface area contributed by atoms with Crippen LogP contribution in [0.2, 0.25) is 0 Å². The maximum absolute atomic E-state index is 13.1. The van der Waals surface area contributed by atoms with Crippen LogP contribution in [-0.2, 0) is 24.6 Å². The normalized spacial score (nSPS) is 14.2. The van der Waals surface area contributed by atoms with Crippen molar-refractivity contribution in [2.24, 2.45) is 7.05 Å². The van der Waals surface area contributed by atoms with Crippen LogP contribution >= 0.6 is 15.9 Å². The first-order chi connectivity index (χ1) is 13.1. The van der Waals surface area contributed by atoms with Crippen molar-refractivity contribution in [3.05, 3.63) is 27.8 Å². The molecule has 12 heteroatoms. The van der Waals surface area contributed by atoms with Gasteiger partial charge in [0, 0.05) is 32.6 Å². The Morgan fingerprint density at radius 2 is 2.00 bits per heavy atom. The van der Waals surface area contributed by atoms with Crippen LogP contribution in [0, 0.1) is 0 Å². The van der Waals surface area contributed by atoms with Crippen molar-refractivity contribution in [3.63, 3.8) is 0 Å². The number of hydrogen-bond acceptors (Lipinski definition) is 4. The molecule has 0 unspecified atom stereocenters. The molecule has 3 rings (SSSR count). The van der Waals surface area contributed by atoms with Gasteiger partial charge in [-0.2, -0.15) is 23.4 Å². The highest BCUT2D eigenvalue weighted by Gasteiger charge is 2.41. The summed E-state index contributed by atoms with van der Waals surface area (Å²) in [6.45, 7) is -0.0120. The number of rotatable bonds is 6. The summed E-state index contributed by atoms with van der Waals surface area (Å²) < 4.78 is 42.0. The maximum Gasteiger partial charge on any atom is 0.436 e. The molecule has 0 aliphatic heterocycles. The van der Waals surface area contributed by atoms with Crippen molar-refractivity contribution >= 4 is 33.4 Å². The second kappa shape index (κ2) is 7.57. The van der Waals surface area contributed by atoms with Crippen LogP contribution in [0.5, 0.6) is 0 Å². The molecule has 2 heterocycles. The van der Waals surface area contributed by atoms with Crippen LogP contribution in [0.15, 0.2) is 10.7 Å². The van der Waals surface area contributed by atoms with Crippen molar-refractivity contribution in [1.82, 2.24) is 24.9 Å². The van der Waals surface area contributed by atoms with Crippen LogP contribution < -0.4 is 10.6 Å². The highest BCUT2D eigenvalue weighted by Crippen LogP contribution is 2.47. The molecule has 152 valence electrons. The van der Waals surface area contributed by atoms with Crippen LogP contribution in [-0.4, -0.2) is 38.4 Å². The van der Waals surface area contributed by atoms with E-state index in [1.165, 1.54) is 22.6 Å². The van der Waals surface area contributed by atoms with Crippen molar-refractivity contribution < 1.29 is 22.8 Å². The van der Waals surface area contributed by atoms with Crippen LogP contribution in [0.25, 0.3) is 0 Å². The van der Waals surface area contributed by atoms with Gasteiger partial charge in [-0.3, -0.25) is 19.0 Å². The minimum Gasteiger partial charge on any atom is -0.354 e. The Hall–Kier alpha value is -2.37. The van der Waals surface area contributed by atoms with Crippen LogP contribution in [0.1, 0.15) is 47.1 Å². The van der Waals surface area contributed by atoms with Gasteiger partial charge in [0.15, 0.2) is 11.4 Å². The molecule has 0 aromatic carbocycles. The van der Waals surface area contributed by atoms with E-state index >= 15 is 0 Å². The largest absolute Gasteiger partial charge is 0.436 e. The molecule has 0 radical (unpaired) electrons. The molecule has 2 aromatic heterocycles. The van der Waals surface area contributed by atoms with Gasteiger partial charge in [0.05, 0.1) is 22.4 Å². The summed E-state index contributed by atoms with van der Waals surface area (Å²) in [6.07, 6.45) is -1.62. The van der Waals surface area contributed by atoms with Gasteiger partial charge >= 0.3 is 6.18 Å². The second-order valence-electron chi connectivity index (χ2n) is 6.49. The Kier molecular flexibility index (Phi) is 5.50. The number of carbonyl (C=O) groups excluding carboxylic acids is 2. The number of amides is 2. The third-order valence-corrected chi connectivity index (χ3v) is 5.04. The van der Waals surface area contributed by atoms with E-state index in [0.717, 1.165) is 12.8 Å². The van der Waals surface area contributed by atoms with E-state index < -0.39 is 23.7 Å². The number of aryl methyl sites for hydroxylation is 2. The monoisotopic (exact) mass is 462 g/mol. The molecular weight excluding hydrogens is 445 g/mol. The summed E-state index contributed by atoms with van der Waals surface area (Å²) in [6, 6.07) is 0. The summed E-state index contributed by atoms with van der Waals surface area (Å²) in [7, 11) is 3.04. The zero-order valence-corrected chi connectivity index (χ0v) is 16.7. The fourth-order valence-corrected chi connectivity index (χ4v) is 3.67. The predicted molar refractivity (Wildman–Crippen MR) is 96.7 cm³/mol. The summed E-state index contributed by atoms with van der Waals surface area (Å²) in [5.41, 5.74) is -0.235. The van der Waals surface area contributed by atoms with Crippen molar-refractivity contribution in [2.45, 2.75) is 37.9 Å². The fraction of sp³-hybridized carbons (Fsp3) is 0.500. The van der Waals surface area contributed by atoms with Crippen molar-refractivity contribution in [1.29, 1.82) is 0 Å². The van der Waals surface area contributed by atoms with Gasteiger partial charge in [0.25, 0.3) is 5.91 Å². The number of carbonyl (C=O) groups is 2. The fourth-order valence-electron chi connectivity index (χ4n) is 2.84. The smallest absolute Gasteiger partial charge is 0.354 e. The zero-order valence-electron chi connectivity index (χ0n) is 15.1. The first kappa shape index (κ1) is 20.4. The molecule has 2 N–H and O–H groups in total. The molecule has 0 bridgehead atoms. The third-order valence-electron chi connectivity index (χ3n) is 4.26. The topological polar surface area (TPSA) is 93.8 Å². The number of anilines is 1. The first-order valence-electron chi connectivity index (χ1n) is 8.50. The van der Waals surface area contributed by atoms with Gasteiger partial charge < -0.3 is 10.6 Å². The lowest BCUT2D eigenvalue weighted by atomic mass is 10.2. The van der Waals surface area contributed by atoms with E-state index in [0.29, 0.717) is 5.69 Å². The number of aromatic nitrogens is 4. The highest BCUT2D eigenvalue weighted by molar-refractivity contribution is 9.10. The number of hydrogen-bond donors (Lipinski definition) is 2. The average molecular weight is 463 g/mol. The van der Waals surface area contributed by atoms with E-state index in [9.17, 15) is 22.8 Å². The number of halogens is 4. The summed E-state index contributed by atoms with van der Waals surface area (Å²) in [4.78, 5) is 24.1. The number of nitrogens with one attached hydrogen (secondary N) is 2. The van der Waals surface area contributed by atoms with E-state index in [1.807, 2.05) is 0 Å². The summed E-state index contributed by atoms with van der Waals surface area (Å²) in [5.74, 6) is -0.906. The molecule has 2 amide bonds. The minimum atomic E-state index is -4.58. The first-order valence-corrected chi connectivity index (χ1v) is 9.30. The van der Waals surface area contributed by atoms with E-state index in [4.69, 9.17) is 0 Å². The SMILES string of the molecule is CNC(=O)c1nn(C)cc1NC(=O)CCn1nc(C(F)(F)F)c(Br)c1C1CC1. The number of alkyl halides is 3. The Labute approximate surface area is 166 Å². The Bertz CT molecular complexity index is 916. The van der Waals surface area contributed by atoms with Gasteiger partial charge in [0.2, 0.25) is 5.91 Å². The molecule has 1 aliphatic carbocycles. The molecular formula is C16H18BrF3N6O2. The molecule has 2 aromatic rings. The van der Waals surface area contributed by atoms with Gasteiger partial charge in [-0.25, -0.2) is 0 Å². The lowest BCUT2D eigenvalue weighted by Crippen LogP contribution is -2.22. The summed E-state index contributed by atoms with van der Waals surface area (Å²) in [5, 5.41) is 12.6. The molecule has 1 saturated carbocycles. The zero-order chi connectivity index (χ0) is 20.6. The Morgan fingerprint density at radius 1 is 1.32 bits per heavy atom. The number of nitrogens with zero attached hydrogens (tertiary/aromatic N) is 4. The molecule has 0 atom stereocenters. The molecule has 0 saturated heterocycles. The van der Waals surface area contributed by atoms with Gasteiger partial charge in [-0.15, -0.1) is 0 Å². The quantitative estimate of drug-likeness (QED) is 0.689. The molecule has 8 nitrogen and oxygen atoms in total. The standard InChI is InChI=1S/C16H18BrF3N6O2/c1-21-15(28)12-9(7-25(2)23-12)22-10(27)5-6-26-13(8-3-4-8)11(17)14(24-26)16(18,19)20/h7-8H,3-6H2,1-2H3,(H,21,28)(H,22,27). The molecule has 0 spiro atoms. The van der Waals surface area contributed by atoms with Crippen molar-refractivity contribution in [2.75, 3.05) is 12.4 Å². The van der Waals surface area contributed by atoms with Crippen LogP contribution in [0.3, 0.4) is 0 Å². The van der Waals surface area contributed by atoms with Gasteiger partial charge in [-0.05, 0) is 28.8 Å². The van der Waals surface area contributed by atoms with Crippen LogP contribution in [0.4, 0.5) is 18.9 Å². The predicted octanol–water partition coefficient (Wildman–Crippen LogP) is 2.66. The van der Waals surface area contributed by atoms with E-state index in [2.05, 4.69) is 36.8 Å². The minimum absolute atomic E-state index is 0.0120. The third kappa shape index (κ3) is 4.21. The highest BCUT2D eigenvalue weighted by atomic mass is 79.9. The van der Waals surface area contributed by atoms with Crippen molar-refractivity contribution in [3.8, 4) is 0 Å². The van der Waals surface area contributed by atoms with Gasteiger partial charge in [-0.1, -0.05) is 0 Å². The Balaban J connectivity index is 1.73. The second-order valence-corrected chi connectivity index (χ2v) is 7.28. The molecule has 28 heavy (non-hydrogen) atoms.